The van der Waals surface area contributed by atoms with Gasteiger partial charge in [0.15, 0.2) is 0 Å². The van der Waals surface area contributed by atoms with Crippen LogP contribution in [-0.2, 0) is 6.42 Å². The minimum Gasteiger partial charge on any atom is -0.496 e. The van der Waals surface area contributed by atoms with Crippen molar-refractivity contribution in [2.24, 2.45) is 5.73 Å². The van der Waals surface area contributed by atoms with Gasteiger partial charge in [-0.05, 0) is 55.5 Å². The standard InChI is InChI=1S/C18H23NO/c1-12-5-7-15(8-6-12)11-17(19)16-9-14(3)18(20-4)10-13(16)2/h5-10,17H,11,19H2,1-4H3. The molecule has 0 heterocycles. The molecule has 0 radical (unpaired) electrons. The lowest BCUT2D eigenvalue weighted by Gasteiger charge is -2.17. The van der Waals surface area contributed by atoms with E-state index in [1.807, 2.05) is 0 Å². The molecule has 1 unspecified atom stereocenters. The molecule has 106 valence electrons. The molecule has 2 aromatic rings. The Bertz CT molecular complexity index is 587. The van der Waals surface area contributed by atoms with E-state index in [-0.39, 0.29) is 6.04 Å². The van der Waals surface area contributed by atoms with Gasteiger partial charge in [0.05, 0.1) is 7.11 Å². The Labute approximate surface area is 121 Å². The van der Waals surface area contributed by atoms with E-state index in [4.69, 9.17) is 10.5 Å². The van der Waals surface area contributed by atoms with Gasteiger partial charge in [-0.1, -0.05) is 35.9 Å². The van der Waals surface area contributed by atoms with Crippen LogP contribution in [0.15, 0.2) is 36.4 Å². The molecular weight excluding hydrogens is 246 g/mol. The summed E-state index contributed by atoms with van der Waals surface area (Å²) in [5.41, 5.74) is 12.5. The summed E-state index contributed by atoms with van der Waals surface area (Å²) in [6.45, 7) is 6.24. The molecule has 2 heteroatoms. The van der Waals surface area contributed by atoms with Gasteiger partial charge in [0.1, 0.15) is 5.75 Å². The minimum absolute atomic E-state index is 0.0160. The van der Waals surface area contributed by atoms with Crippen LogP contribution in [0.25, 0.3) is 0 Å². The average Bonchev–Trinajstić information content (AvgIpc) is 2.43. The number of aryl methyl sites for hydroxylation is 3. The molecule has 0 fully saturated rings. The molecule has 0 spiro atoms. The summed E-state index contributed by atoms with van der Waals surface area (Å²) in [7, 11) is 1.70. The van der Waals surface area contributed by atoms with Crippen molar-refractivity contribution in [3.8, 4) is 5.75 Å². The third-order valence-electron chi connectivity index (χ3n) is 3.76. The largest absolute Gasteiger partial charge is 0.496 e. The van der Waals surface area contributed by atoms with E-state index in [0.29, 0.717) is 0 Å². The van der Waals surface area contributed by atoms with Gasteiger partial charge in [0, 0.05) is 6.04 Å². The maximum atomic E-state index is 6.39. The van der Waals surface area contributed by atoms with Gasteiger partial charge >= 0.3 is 0 Å². The second kappa shape index (κ2) is 6.10. The molecule has 2 N–H and O–H groups in total. The van der Waals surface area contributed by atoms with Gasteiger partial charge in [-0.3, -0.25) is 0 Å². The predicted molar refractivity (Wildman–Crippen MR) is 84.3 cm³/mol. The lowest BCUT2D eigenvalue weighted by atomic mass is 9.94. The van der Waals surface area contributed by atoms with Crippen LogP contribution >= 0.6 is 0 Å². The van der Waals surface area contributed by atoms with Crippen LogP contribution in [0.5, 0.6) is 5.75 Å². The van der Waals surface area contributed by atoms with Gasteiger partial charge in [0.25, 0.3) is 0 Å². The molecule has 2 aromatic carbocycles. The molecule has 0 saturated heterocycles. The van der Waals surface area contributed by atoms with E-state index in [9.17, 15) is 0 Å². The quantitative estimate of drug-likeness (QED) is 0.914. The summed E-state index contributed by atoms with van der Waals surface area (Å²) in [5.74, 6) is 0.925. The summed E-state index contributed by atoms with van der Waals surface area (Å²) >= 11 is 0. The first-order valence-electron chi connectivity index (χ1n) is 6.97. The van der Waals surface area contributed by atoms with Gasteiger partial charge in [0.2, 0.25) is 0 Å². The third-order valence-corrected chi connectivity index (χ3v) is 3.76. The van der Waals surface area contributed by atoms with Crippen LogP contribution in [0.1, 0.15) is 33.9 Å². The Hall–Kier alpha value is -1.80. The Kier molecular flexibility index (Phi) is 4.46. The van der Waals surface area contributed by atoms with Gasteiger partial charge in [-0.15, -0.1) is 0 Å². The van der Waals surface area contributed by atoms with Crippen LogP contribution in [0.2, 0.25) is 0 Å². The number of ether oxygens (including phenoxy) is 1. The zero-order valence-corrected chi connectivity index (χ0v) is 12.7. The molecule has 1 atom stereocenters. The number of nitrogens with two attached hydrogens (primary N) is 1. The first-order valence-corrected chi connectivity index (χ1v) is 6.97. The average molecular weight is 269 g/mol. The first kappa shape index (κ1) is 14.6. The normalized spacial score (nSPS) is 12.2. The summed E-state index contributed by atoms with van der Waals surface area (Å²) in [5, 5.41) is 0. The predicted octanol–water partition coefficient (Wildman–Crippen LogP) is 3.86. The second-order valence-electron chi connectivity index (χ2n) is 5.47. The maximum absolute atomic E-state index is 6.39. The molecule has 2 rings (SSSR count). The highest BCUT2D eigenvalue weighted by molar-refractivity contribution is 5.43. The molecule has 0 aromatic heterocycles. The SMILES string of the molecule is COc1cc(C)c(C(N)Cc2ccc(C)cc2)cc1C. The number of benzene rings is 2. The van der Waals surface area contributed by atoms with E-state index in [1.54, 1.807) is 7.11 Å². The van der Waals surface area contributed by atoms with Crippen molar-refractivity contribution in [1.82, 2.24) is 0 Å². The highest BCUT2D eigenvalue weighted by Crippen LogP contribution is 2.27. The van der Waals surface area contributed by atoms with Gasteiger partial charge in [-0.25, -0.2) is 0 Å². The van der Waals surface area contributed by atoms with Crippen molar-refractivity contribution in [2.75, 3.05) is 7.11 Å². The molecule has 0 bridgehead atoms. The summed E-state index contributed by atoms with van der Waals surface area (Å²) in [6.07, 6.45) is 0.854. The number of hydrogen-bond donors (Lipinski definition) is 1. The minimum atomic E-state index is 0.0160. The van der Waals surface area contributed by atoms with Crippen molar-refractivity contribution in [1.29, 1.82) is 0 Å². The van der Waals surface area contributed by atoms with Crippen molar-refractivity contribution < 1.29 is 4.74 Å². The Morgan fingerprint density at radius 2 is 1.65 bits per heavy atom. The Morgan fingerprint density at radius 1 is 1.00 bits per heavy atom. The summed E-state index contributed by atoms with van der Waals surface area (Å²) in [4.78, 5) is 0. The summed E-state index contributed by atoms with van der Waals surface area (Å²) < 4.78 is 5.35. The highest BCUT2D eigenvalue weighted by atomic mass is 16.5. The zero-order chi connectivity index (χ0) is 14.7. The van der Waals surface area contributed by atoms with Crippen LogP contribution < -0.4 is 10.5 Å². The third kappa shape index (κ3) is 3.20. The van der Waals surface area contributed by atoms with E-state index in [0.717, 1.165) is 17.7 Å². The first-order chi connectivity index (χ1) is 9.51. The number of hydrogen-bond acceptors (Lipinski definition) is 2. The maximum Gasteiger partial charge on any atom is 0.122 e. The molecule has 2 nitrogen and oxygen atoms in total. The Morgan fingerprint density at radius 3 is 2.25 bits per heavy atom. The second-order valence-corrected chi connectivity index (χ2v) is 5.47. The fourth-order valence-electron chi connectivity index (χ4n) is 2.52. The van der Waals surface area contributed by atoms with E-state index in [1.165, 1.54) is 22.3 Å². The van der Waals surface area contributed by atoms with Gasteiger partial charge < -0.3 is 10.5 Å². The number of methoxy groups -OCH3 is 1. The zero-order valence-electron chi connectivity index (χ0n) is 12.7. The van der Waals surface area contributed by atoms with Gasteiger partial charge in [-0.2, -0.15) is 0 Å². The Balaban J connectivity index is 2.22. The molecule has 0 amide bonds. The molecule has 0 aliphatic rings. The lowest BCUT2D eigenvalue weighted by molar-refractivity contribution is 0.411. The van der Waals surface area contributed by atoms with Crippen molar-refractivity contribution in [3.05, 3.63) is 64.2 Å². The lowest BCUT2D eigenvalue weighted by Crippen LogP contribution is -2.15. The smallest absolute Gasteiger partial charge is 0.122 e. The van der Waals surface area contributed by atoms with Crippen molar-refractivity contribution in [2.45, 2.75) is 33.2 Å². The van der Waals surface area contributed by atoms with Crippen LogP contribution in [0, 0.1) is 20.8 Å². The van der Waals surface area contributed by atoms with Crippen LogP contribution in [0.3, 0.4) is 0 Å². The fourth-order valence-corrected chi connectivity index (χ4v) is 2.52. The van der Waals surface area contributed by atoms with Crippen LogP contribution in [-0.4, -0.2) is 7.11 Å². The van der Waals surface area contributed by atoms with Crippen molar-refractivity contribution >= 4 is 0 Å². The molecule has 0 aliphatic carbocycles. The number of rotatable bonds is 4. The topological polar surface area (TPSA) is 35.2 Å². The molecule has 20 heavy (non-hydrogen) atoms. The summed E-state index contributed by atoms with van der Waals surface area (Å²) in [6, 6.07) is 12.8. The molecule has 0 saturated carbocycles. The van der Waals surface area contributed by atoms with E-state index in [2.05, 4.69) is 57.2 Å². The van der Waals surface area contributed by atoms with E-state index >= 15 is 0 Å². The highest BCUT2D eigenvalue weighted by Gasteiger charge is 2.12. The van der Waals surface area contributed by atoms with Crippen LogP contribution in [0.4, 0.5) is 0 Å². The molecule has 0 aliphatic heterocycles. The van der Waals surface area contributed by atoms with E-state index < -0.39 is 0 Å². The van der Waals surface area contributed by atoms with Crippen molar-refractivity contribution in [3.63, 3.8) is 0 Å². The molecular formula is C18H23NO. The monoisotopic (exact) mass is 269 g/mol. The fraction of sp³-hybridized carbons (Fsp3) is 0.333.